The van der Waals surface area contributed by atoms with E-state index in [0.29, 0.717) is 22.5 Å². The number of ether oxygens (including phenoxy) is 1. The molecule has 2 aromatic rings. The largest absolute Gasteiger partial charge is 0.496 e. The highest BCUT2D eigenvalue weighted by atomic mass is 35.5. The molecule has 0 aliphatic heterocycles. The minimum atomic E-state index is 0.457. The van der Waals surface area contributed by atoms with Crippen molar-refractivity contribution in [2.45, 2.75) is 6.54 Å². The molecule has 0 bridgehead atoms. The first-order valence-corrected chi connectivity index (χ1v) is 6.13. The fraction of sp³-hybridized carbons (Fsp3) is 0.154. The number of methoxy groups -OCH3 is 1. The van der Waals surface area contributed by atoms with Gasteiger partial charge in [-0.05, 0) is 30.3 Å². The molecule has 0 fully saturated rings. The molecule has 1 aromatic carbocycles. The third-order valence-electron chi connectivity index (χ3n) is 2.42. The predicted molar refractivity (Wildman–Crippen MR) is 74.6 cm³/mol. The second-order valence-corrected chi connectivity index (χ2v) is 4.48. The van der Waals surface area contributed by atoms with Gasteiger partial charge in [0.05, 0.1) is 7.11 Å². The van der Waals surface area contributed by atoms with Crippen molar-refractivity contribution >= 4 is 29.0 Å². The van der Waals surface area contributed by atoms with Crippen LogP contribution in [0.5, 0.6) is 5.75 Å². The van der Waals surface area contributed by atoms with E-state index in [2.05, 4.69) is 10.3 Å². The van der Waals surface area contributed by atoms with Crippen molar-refractivity contribution in [3.63, 3.8) is 0 Å². The second kappa shape index (κ2) is 5.94. The molecular weight excluding hydrogens is 271 g/mol. The van der Waals surface area contributed by atoms with E-state index in [4.69, 9.17) is 27.9 Å². The molecule has 0 amide bonds. The van der Waals surface area contributed by atoms with Gasteiger partial charge in [0.2, 0.25) is 0 Å². The van der Waals surface area contributed by atoms with E-state index < -0.39 is 0 Å². The van der Waals surface area contributed by atoms with Crippen molar-refractivity contribution < 1.29 is 4.74 Å². The molecular formula is C13H12Cl2N2O. The standard InChI is InChI=1S/C13H12Cl2N2O/c1-18-11-6-5-10(14)7-9(11)8-16-13-4-2-3-12(15)17-13/h2-7H,8H2,1H3,(H,16,17). The summed E-state index contributed by atoms with van der Waals surface area (Å²) in [7, 11) is 1.63. The van der Waals surface area contributed by atoms with Gasteiger partial charge >= 0.3 is 0 Å². The molecule has 3 nitrogen and oxygen atoms in total. The van der Waals surface area contributed by atoms with E-state index >= 15 is 0 Å². The number of nitrogens with one attached hydrogen (secondary N) is 1. The van der Waals surface area contributed by atoms with E-state index in [9.17, 15) is 0 Å². The number of rotatable bonds is 4. The highest BCUT2D eigenvalue weighted by Crippen LogP contribution is 2.23. The summed E-state index contributed by atoms with van der Waals surface area (Å²) in [4.78, 5) is 4.15. The molecule has 1 aromatic heterocycles. The van der Waals surface area contributed by atoms with Gasteiger partial charge in [0.1, 0.15) is 16.7 Å². The maximum atomic E-state index is 5.96. The Morgan fingerprint density at radius 1 is 1.22 bits per heavy atom. The first kappa shape index (κ1) is 13.0. The van der Waals surface area contributed by atoms with Gasteiger partial charge in [0.15, 0.2) is 0 Å². The zero-order valence-electron chi connectivity index (χ0n) is 9.78. The topological polar surface area (TPSA) is 34.1 Å². The van der Waals surface area contributed by atoms with Gasteiger partial charge in [-0.25, -0.2) is 4.98 Å². The molecule has 1 heterocycles. The molecule has 0 aliphatic carbocycles. The third kappa shape index (κ3) is 3.28. The number of anilines is 1. The van der Waals surface area contributed by atoms with Crippen LogP contribution in [0.25, 0.3) is 0 Å². The summed E-state index contributed by atoms with van der Waals surface area (Å²) in [6, 6.07) is 10.9. The Hall–Kier alpha value is -1.45. The lowest BCUT2D eigenvalue weighted by molar-refractivity contribution is 0.410. The van der Waals surface area contributed by atoms with Crippen LogP contribution in [0.4, 0.5) is 5.82 Å². The Labute approximate surface area is 116 Å². The number of benzene rings is 1. The maximum absolute atomic E-state index is 5.96. The number of nitrogens with zero attached hydrogens (tertiary/aromatic N) is 1. The molecule has 18 heavy (non-hydrogen) atoms. The minimum Gasteiger partial charge on any atom is -0.496 e. The zero-order chi connectivity index (χ0) is 13.0. The summed E-state index contributed by atoms with van der Waals surface area (Å²) in [5, 5.41) is 4.30. The highest BCUT2D eigenvalue weighted by Gasteiger charge is 2.04. The normalized spacial score (nSPS) is 10.2. The van der Waals surface area contributed by atoms with E-state index in [0.717, 1.165) is 11.3 Å². The molecule has 5 heteroatoms. The number of hydrogen-bond acceptors (Lipinski definition) is 3. The summed E-state index contributed by atoms with van der Waals surface area (Å²) >= 11 is 11.8. The van der Waals surface area contributed by atoms with E-state index in [1.165, 1.54) is 0 Å². The van der Waals surface area contributed by atoms with Gasteiger partial charge in [-0.15, -0.1) is 0 Å². The van der Waals surface area contributed by atoms with E-state index in [-0.39, 0.29) is 0 Å². The van der Waals surface area contributed by atoms with Crippen molar-refractivity contribution in [2.75, 3.05) is 12.4 Å². The predicted octanol–water partition coefficient (Wildman–Crippen LogP) is 4.01. The van der Waals surface area contributed by atoms with E-state index in [1.54, 1.807) is 19.2 Å². The van der Waals surface area contributed by atoms with Gasteiger partial charge in [-0.1, -0.05) is 29.3 Å². The maximum Gasteiger partial charge on any atom is 0.131 e. The van der Waals surface area contributed by atoms with Crippen LogP contribution in [0.15, 0.2) is 36.4 Å². The average molecular weight is 283 g/mol. The Balaban J connectivity index is 2.12. The van der Waals surface area contributed by atoms with Gasteiger partial charge in [0.25, 0.3) is 0 Å². The number of pyridine rings is 1. The first-order chi connectivity index (χ1) is 8.69. The van der Waals surface area contributed by atoms with Gasteiger partial charge in [-0.2, -0.15) is 0 Å². The first-order valence-electron chi connectivity index (χ1n) is 5.38. The lowest BCUT2D eigenvalue weighted by atomic mass is 10.2. The van der Waals surface area contributed by atoms with Crippen molar-refractivity contribution in [3.8, 4) is 5.75 Å². The number of hydrogen-bond donors (Lipinski definition) is 1. The summed E-state index contributed by atoms with van der Waals surface area (Å²) < 4.78 is 5.27. The van der Waals surface area contributed by atoms with Crippen molar-refractivity contribution in [3.05, 3.63) is 52.1 Å². The average Bonchev–Trinajstić information content (AvgIpc) is 2.37. The number of aromatic nitrogens is 1. The fourth-order valence-electron chi connectivity index (χ4n) is 1.58. The smallest absolute Gasteiger partial charge is 0.131 e. The Morgan fingerprint density at radius 2 is 2.06 bits per heavy atom. The monoisotopic (exact) mass is 282 g/mol. The third-order valence-corrected chi connectivity index (χ3v) is 2.86. The molecule has 0 unspecified atom stereocenters. The second-order valence-electron chi connectivity index (χ2n) is 3.66. The molecule has 0 atom stereocenters. The molecule has 94 valence electrons. The van der Waals surface area contributed by atoms with Crippen molar-refractivity contribution in [1.82, 2.24) is 4.98 Å². The Kier molecular flexibility index (Phi) is 4.28. The van der Waals surface area contributed by atoms with Crippen molar-refractivity contribution in [1.29, 1.82) is 0 Å². The van der Waals surface area contributed by atoms with E-state index in [1.807, 2.05) is 24.3 Å². The zero-order valence-corrected chi connectivity index (χ0v) is 11.3. The SMILES string of the molecule is COc1ccc(Cl)cc1CNc1cccc(Cl)n1. The molecule has 2 rings (SSSR count). The molecule has 0 saturated heterocycles. The molecule has 0 radical (unpaired) electrons. The quantitative estimate of drug-likeness (QED) is 0.861. The van der Waals surface area contributed by atoms with Crippen LogP contribution in [-0.4, -0.2) is 12.1 Å². The Morgan fingerprint density at radius 3 is 2.78 bits per heavy atom. The van der Waals surface area contributed by atoms with Gasteiger partial charge < -0.3 is 10.1 Å². The highest BCUT2D eigenvalue weighted by molar-refractivity contribution is 6.30. The lowest BCUT2D eigenvalue weighted by Crippen LogP contribution is -2.03. The molecule has 0 aliphatic rings. The van der Waals surface area contributed by atoms with Crippen LogP contribution in [0.1, 0.15) is 5.56 Å². The minimum absolute atomic E-state index is 0.457. The van der Waals surface area contributed by atoms with Crippen LogP contribution in [0, 0.1) is 0 Å². The summed E-state index contributed by atoms with van der Waals surface area (Å²) in [5.74, 6) is 1.50. The van der Waals surface area contributed by atoms with Crippen LogP contribution in [-0.2, 0) is 6.54 Å². The number of halogens is 2. The molecule has 1 N–H and O–H groups in total. The van der Waals surface area contributed by atoms with Crippen molar-refractivity contribution in [2.24, 2.45) is 0 Å². The van der Waals surface area contributed by atoms with Crippen LogP contribution >= 0.6 is 23.2 Å². The molecule has 0 saturated carbocycles. The molecule has 0 spiro atoms. The summed E-state index contributed by atoms with van der Waals surface area (Å²) in [6.07, 6.45) is 0. The van der Waals surface area contributed by atoms with Gasteiger partial charge in [-0.3, -0.25) is 0 Å². The fourth-order valence-corrected chi connectivity index (χ4v) is 1.94. The van der Waals surface area contributed by atoms with Crippen LogP contribution in [0.2, 0.25) is 10.2 Å². The summed E-state index contributed by atoms with van der Waals surface area (Å²) in [5.41, 5.74) is 0.965. The lowest BCUT2D eigenvalue weighted by Gasteiger charge is -2.10. The van der Waals surface area contributed by atoms with Gasteiger partial charge in [0, 0.05) is 17.1 Å². The van der Waals surface area contributed by atoms with Crippen LogP contribution < -0.4 is 10.1 Å². The Bertz CT molecular complexity index is 546. The summed E-state index contributed by atoms with van der Waals surface area (Å²) in [6.45, 7) is 0.567. The van der Waals surface area contributed by atoms with Crippen LogP contribution in [0.3, 0.4) is 0 Å².